The molecule has 2 aromatic rings. The monoisotopic (exact) mass is 219 g/mol. The highest BCUT2D eigenvalue weighted by Gasteiger charge is 2.21. The Morgan fingerprint density at radius 2 is 2.50 bits per heavy atom. The van der Waals surface area contributed by atoms with E-state index >= 15 is 0 Å². The molecule has 1 N–H and O–H groups in total. The van der Waals surface area contributed by atoms with Crippen molar-refractivity contribution in [3.05, 3.63) is 35.9 Å². The molecule has 0 aromatic carbocycles. The fraction of sp³-hybridized carbons (Fsp3) is 0.455. The van der Waals surface area contributed by atoms with Crippen LogP contribution in [-0.4, -0.2) is 16.7 Å². The van der Waals surface area contributed by atoms with Gasteiger partial charge in [-0.3, -0.25) is 0 Å². The second-order valence-electron chi connectivity index (χ2n) is 3.95. The number of nitrogens with one attached hydrogen (secondary N) is 1. The summed E-state index contributed by atoms with van der Waals surface area (Å²) in [6, 6.07) is 4.01. The molecule has 1 saturated heterocycles. The van der Waals surface area contributed by atoms with E-state index in [2.05, 4.69) is 15.5 Å². The molecule has 0 aliphatic carbocycles. The van der Waals surface area contributed by atoms with Crippen LogP contribution < -0.4 is 5.32 Å². The van der Waals surface area contributed by atoms with Crippen LogP contribution in [0, 0.1) is 0 Å². The van der Waals surface area contributed by atoms with Gasteiger partial charge >= 0.3 is 0 Å². The first kappa shape index (κ1) is 9.59. The number of rotatable bonds is 3. The van der Waals surface area contributed by atoms with E-state index in [1.54, 1.807) is 6.26 Å². The number of aromatic nitrogens is 2. The van der Waals surface area contributed by atoms with Gasteiger partial charge in [-0.05, 0) is 31.5 Å². The molecule has 0 saturated carbocycles. The maximum absolute atomic E-state index is 5.23. The number of hydrogen-bond acceptors (Lipinski definition) is 5. The lowest BCUT2D eigenvalue weighted by Crippen LogP contribution is -2.14. The largest absolute Gasteiger partial charge is 0.469 e. The van der Waals surface area contributed by atoms with E-state index in [-0.39, 0.29) is 6.04 Å². The minimum absolute atomic E-state index is 0.258. The summed E-state index contributed by atoms with van der Waals surface area (Å²) in [5, 5.41) is 7.33. The van der Waals surface area contributed by atoms with Crippen molar-refractivity contribution in [2.45, 2.75) is 25.3 Å². The molecule has 1 unspecified atom stereocenters. The van der Waals surface area contributed by atoms with E-state index in [0.717, 1.165) is 24.6 Å². The van der Waals surface area contributed by atoms with Crippen LogP contribution in [0.3, 0.4) is 0 Å². The van der Waals surface area contributed by atoms with Gasteiger partial charge in [0.15, 0.2) is 5.82 Å². The maximum Gasteiger partial charge on any atom is 0.234 e. The third-order valence-electron chi connectivity index (χ3n) is 2.76. The smallest absolute Gasteiger partial charge is 0.234 e. The van der Waals surface area contributed by atoms with Gasteiger partial charge in [-0.25, -0.2) is 0 Å². The van der Waals surface area contributed by atoms with E-state index in [0.29, 0.717) is 12.3 Å². The molecular weight excluding hydrogens is 206 g/mol. The molecule has 16 heavy (non-hydrogen) atoms. The summed E-state index contributed by atoms with van der Waals surface area (Å²) in [7, 11) is 0. The van der Waals surface area contributed by atoms with Gasteiger partial charge in [-0.2, -0.15) is 4.98 Å². The van der Waals surface area contributed by atoms with Gasteiger partial charge in [0.05, 0.1) is 18.7 Å². The van der Waals surface area contributed by atoms with Gasteiger partial charge in [-0.1, -0.05) is 5.16 Å². The number of hydrogen-bond donors (Lipinski definition) is 1. The average Bonchev–Trinajstić information content (AvgIpc) is 2.99. The van der Waals surface area contributed by atoms with Gasteiger partial charge in [0, 0.05) is 0 Å². The molecule has 1 atom stereocenters. The standard InChI is InChI=1S/C11H13N3O2/c1-4-9(12-5-1)11-13-10(16-14-11)7-8-3-2-6-15-8/h2-3,6,9,12H,1,4-5,7H2. The first-order chi connectivity index (χ1) is 7.92. The summed E-state index contributed by atoms with van der Waals surface area (Å²) in [4.78, 5) is 4.37. The van der Waals surface area contributed by atoms with E-state index in [4.69, 9.17) is 8.94 Å². The maximum atomic E-state index is 5.23. The summed E-state index contributed by atoms with van der Waals surface area (Å²) in [6.07, 6.45) is 4.46. The van der Waals surface area contributed by atoms with Crippen molar-refractivity contribution in [3.8, 4) is 0 Å². The molecule has 1 fully saturated rings. The van der Waals surface area contributed by atoms with Crippen molar-refractivity contribution in [2.75, 3.05) is 6.54 Å². The third kappa shape index (κ3) is 1.86. The second kappa shape index (κ2) is 4.09. The Morgan fingerprint density at radius 3 is 3.25 bits per heavy atom. The summed E-state index contributed by atoms with van der Waals surface area (Å²) in [6.45, 7) is 1.03. The minimum Gasteiger partial charge on any atom is -0.469 e. The Morgan fingerprint density at radius 1 is 1.50 bits per heavy atom. The lowest BCUT2D eigenvalue weighted by Gasteiger charge is -2.01. The fourth-order valence-electron chi connectivity index (χ4n) is 1.95. The molecule has 1 aliphatic heterocycles. The van der Waals surface area contributed by atoms with Crippen LogP contribution in [0.4, 0.5) is 0 Å². The normalized spacial score (nSPS) is 20.4. The van der Waals surface area contributed by atoms with Crippen LogP contribution in [0.15, 0.2) is 27.3 Å². The van der Waals surface area contributed by atoms with Gasteiger partial charge in [-0.15, -0.1) is 0 Å². The summed E-state index contributed by atoms with van der Waals surface area (Å²) < 4.78 is 10.4. The topological polar surface area (TPSA) is 64.1 Å². The predicted octanol–water partition coefficient (Wildman–Crippen LogP) is 1.68. The molecule has 1 aliphatic rings. The zero-order valence-corrected chi connectivity index (χ0v) is 8.85. The van der Waals surface area contributed by atoms with Crippen LogP contribution >= 0.6 is 0 Å². The molecule has 84 valence electrons. The Hall–Kier alpha value is -1.62. The Bertz CT molecular complexity index is 444. The highest BCUT2D eigenvalue weighted by Crippen LogP contribution is 2.20. The molecule has 0 radical (unpaired) electrons. The Balaban J connectivity index is 1.72. The zero-order valence-electron chi connectivity index (χ0n) is 8.85. The van der Waals surface area contributed by atoms with E-state index in [1.165, 1.54) is 6.42 Å². The zero-order chi connectivity index (χ0) is 10.8. The molecule has 3 rings (SSSR count). The average molecular weight is 219 g/mol. The van der Waals surface area contributed by atoms with Crippen molar-refractivity contribution in [3.63, 3.8) is 0 Å². The molecule has 3 heterocycles. The van der Waals surface area contributed by atoms with Crippen LogP contribution in [0.5, 0.6) is 0 Å². The van der Waals surface area contributed by atoms with Crippen molar-refractivity contribution in [2.24, 2.45) is 0 Å². The minimum atomic E-state index is 0.258. The van der Waals surface area contributed by atoms with Crippen LogP contribution in [0.25, 0.3) is 0 Å². The Labute approximate surface area is 92.8 Å². The molecule has 5 heteroatoms. The third-order valence-corrected chi connectivity index (χ3v) is 2.76. The van der Waals surface area contributed by atoms with E-state index in [9.17, 15) is 0 Å². The second-order valence-corrected chi connectivity index (χ2v) is 3.95. The molecular formula is C11H13N3O2. The highest BCUT2D eigenvalue weighted by molar-refractivity contribution is 5.06. The first-order valence-electron chi connectivity index (χ1n) is 5.50. The van der Waals surface area contributed by atoms with Gasteiger partial charge < -0.3 is 14.3 Å². The van der Waals surface area contributed by atoms with Gasteiger partial charge in [0.25, 0.3) is 0 Å². The fourth-order valence-corrected chi connectivity index (χ4v) is 1.95. The van der Waals surface area contributed by atoms with Crippen molar-refractivity contribution in [1.82, 2.24) is 15.5 Å². The SMILES string of the molecule is c1coc(Cc2nc(C3CCCN3)no2)c1. The summed E-state index contributed by atoms with van der Waals surface area (Å²) >= 11 is 0. The number of furan rings is 1. The molecule has 0 amide bonds. The lowest BCUT2D eigenvalue weighted by molar-refractivity contribution is 0.365. The molecule has 2 aromatic heterocycles. The van der Waals surface area contributed by atoms with Crippen molar-refractivity contribution >= 4 is 0 Å². The van der Waals surface area contributed by atoms with Crippen molar-refractivity contribution < 1.29 is 8.94 Å². The summed E-state index contributed by atoms with van der Waals surface area (Å²) in [5.74, 6) is 2.22. The summed E-state index contributed by atoms with van der Waals surface area (Å²) in [5.41, 5.74) is 0. The molecule has 0 spiro atoms. The van der Waals surface area contributed by atoms with E-state index < -0.39 is 0 Å². The highest BCUT2D eigenvalue weighted by atomic mass is 16.5. The van der Waals surface area contributed by atoms with Crippen LogP contribution in [-0.2, 0) is 6.42 Å². The van der Waals surface area contributed by atoms with E-state index in [1.807, 2.05) is 12.1 Å². The number of nitrogens with zero attached hydrogens (tertiary/aromatic N) is 2. The quantitative estimate of drug-likeness (QED) is 0.850. The Kier molecular flexibility index (Phi) is 2.46. The molecule has 0 bridgehead atoms. The van der Waals surface area contributed by atoms with Gasteiger partial charge in [0.1, 0.15) is 5.76 Å². The van der Waals surface area contributed by atoms with Gasteiger partial charge in [0.2, 0.25) is 5.89 Å². The van der Waals surface area contributed by atoms with Crippen LogP contribution in [0.2, 0.25) is 0 Å². The predicted molar refractivity (Wildman–Crippen MR) is 55.8 cm³/mol. The van der Waals surface area contributed by atoms with Crippen LogP contribution in [0.1, 0.15) is 36.4 Å². The van der Waals surface area contributed by atoms with Crippen molar-refractivity contribution in [1.29, 1.82) is 0 Å². The molecule has 5 nitrogen and oxygen atoms in total. The first-order valence-corrected chi connectivity index (χ1v) is 5.50. The lowest BCUT2D eigenvalue weighted by atomic mass is 10.2.